The summed E-state index contributed by atoms with van der Waals surface area (Å²) in [5.74, 6) is 1.98. The smallest absolute Gasteiger partial charge is 0.288 e. The summed E-state index contributed by atoms with van der Waals surface area (Å²) in [4.78, 5) is 25.5. The van der Waals surface area contributed by atoms with E-state index in [1.807, 2.05) is 48.5 Å². The number of hydrogen-bond acceptors (Lipinski definition) is 5. The lowest BCUT2D eigenvalue weighted by atomic mass is 9.94. The van der Waals surface area contributed by atoms with Crippen molar-refractivity contribution in [2.45, 2.75) is 32.2 Å². The summed E-state index contributed by atoms with van der Waals surface area (Å²) in [7, 11) is 3.22. The van der Waals surface area contributed by atoms with Gasteiger partial charge in [-0.3, -0.25) is 9.59 Å². The molecule has 0 spiro atoms. The van der Waals surface area contributed by atoms with E-state index in [0.29, 0.717) is 29.7 Å². The van der Waals surface area contributed by atoms with E-state index in [1.54, 1.807) is 21.1 Å². The third-order valence-corrected chi connectivity index (χ3v) is 5.69. The normalized spacial score (nSPS) is 13.1. The molecular weight excluding hydrogens is 394 g/mol. The Morgan fingerprint density at radius 2 is 1.48 bits per heavy atom. The third-order valence-electron chi connectivity index (χ3n) is 5.69. The molecule has 1 N–H and O–H groups in total. The van der Waals surface area contributed by atoms with Crippen molar-refractivity contribution in [2.24, 2.45) is 0 Å². The van der Waals surface area contributed by atoms with E-state index in [9.17, 15) is 9.59 Å². The maximum absolute atomic E-state index is 13.2. The van der Waals surface area contributed by atoms with E-state index < -0.39 is 6.04 Å². The molecule has 6 nitrogen and oxygen atoms in total. The number of fused-ring (bicyclic) bond motifs is 1. The molecule has 0 bridgehead atoms. The highest BCUT2D eigenvalue weighted by atomic mass is 16.5. The Morgan fingerprint density at radius 1 is 0.935 bits per heavy atom. The molecule has 0 atom stereocenters. The number of carbonyl (C=O) groups is 2. The van der Waals surface area contributed by atoms with Gasteiger partial charge in [-0.25, -0.2) is 0 Å². The van der Waals surface area contributed by atoms with Gasteiger partial charge in [0.2, 0.25) is 0 Å². The Kier molecular flexibility index (Phi) is 5.80. The molecule has 160 valence electrons. The standard InChI is InChI=1S/C25H25NO5/c1-15-22-20(27)5-4-6-21(22)31-24(15)25(28)26-23(16-7-11-18(29-2)12-8-16)17-9-13-19(30-3)14-10-17/h7-14,23H,4-6H2,1-3H3,(H,26,28). The first-order valence-corrected chi connectivity index (χ1v) is 10.3. The molecule has 1 aliphatic carbocycles. The van der Waals surface area contributed by atoms with Gasteiger partial charge in [0.05, 0.1) is 25.8 Å². The number of benzene rings is 2. The fourth-order valence-corrected chi connectivity index (χ4v) is 4.01. The van der Waals surface area contributed by atoms with Gasteiger partial charge in [-0.15, -0.1) is 0 Å². The lowest BCUT2D eigenvalue weighted by Crippen LogP contribution is -2.29. The van der Waals surface area contributed by atoms with Crippen molar-refractivity contribution in [3.63, 3.8) is 0 Å². The fraction of sp³-hybridized carbons (Fsp3) is 0.280. The highest BCUT2D eigenvalue weighted by Gasteiger charge is 2.30. The number of carbonyl (C=O) groups excluding carboxylic acids is 2. The predicted octanol–water partition coefficient (Wildman–Crippen LogP) is 4.64. The molecule has 0 fully saturated rings. The SMILES string of the molecule is COc1ccc(C(NC(=O)c2oc3c(c2C)C(=O)CCC3)c2ccc(OC)cc2)cc1. The van der Waals surface area contributed by atoms with Gasteiger partial charge < -0.3 is 19.2 Å². The second kappa shape index (κ2) is 8.68. The van der Waals surface area contributed by atoms with Crippen LogP contribution in [0, 0.1) is 6.92 Å². The number of amides is 1. The van der Waals surface area contributed by atoms with Crippen molar-refractivity contribution < 1.29 is 23.5 Å². The number of hydrogen-bond donors (Lipinski definition) is 1. The summed E-state index contributed by atoms with van der Waals surface area (Å²) in [5, 5.41) is 3.08. The molecule has 2 aromatic carbocycles. The van der Waals surface area contributed by atoms with E-state index in [4.69, 9.17) is 13.9 Å². The first-order chi connectivity index (χ1) is 15.0. The largest absolute Gasteiger partial charge is 0.497 e. The summed E-state index contributed by atoms with van der Waals surface area (Å²) < 4.78 is 16.4. The fourth-order valence-electron chi connectivity index (χ4n) is 4.01. The second-order valence-electron chi connectivity index (χ2n) is 7.58. The molecular formula is C25H25NO5. The molecule has 6 heteroatoms. The summed E-state index contributed by atoms with van der Waals surface area (Å²) in [5.41, 5.74) is 2.97. The van der Waals surface area contributed by atoms with Gasteiger partial charge in [0.25, 0.3) is 5.91 Å². The van der Waals surface area contributed by atoms with Crippen LogP contribution in [0.25, 0.3) is 0 Å². The highest BCUT2D eigenvalue weighted by molar-refractivity contribution is 6.03. The summed E-state index contributed by atoms with van der Waals surface area (Å²) in [6, 6.07) is 14.7. The Bertz CT molecular complexity index is 1050. The number of rotatable bonds is 6. The van der Waals surface area contributed by atoms with Crippen LogP contribution in [-0.4, -0.2) is 25.9 Å². The van der Waals surface area contributed by atoms with Crippen LogP contribution in [0.2, 0.25) is 0 Å². The van der Waals surface area contributed by atoms with Crippen molar-refractivity contribution in [3.05, 3.63) is 82.3 Å². The number of ether oxygens (including phenoxy) is 2. The number of nitrogens with one attached hydrogen (secondary N) is 1. The molecule has 1 aromatic heterocycles. The number of Topliss-reactive ketones (excluding diaryl/α,β-unsaturated/α-hetero) is 1. The molecule has 1 aliphatic rings. The molecule has 1 amide bonds. The number of furan rings is 1. The van der Waals surface area contributed by atoms with E-state index >= 15 is 0 Å². The summed E-state index contributed by atoms with van der Waals surface area (Å²) >= 11 is 0. The lowest BCUT2D eigenvalue weighted by Gasteiger charge is -2.20. The molecule has 0 unspecified atom stereocenters. The van der Waals surface area contributed by atoms with E-state index in [0.717, 1.165) is 29.0 Å². The van der Waals surface area contributed by atoms with Crippen LogP contribution in [0.15, 0.2) is 52.9 Å². The Balaban J connectivity index is 1.68. The van der Waals surface area contributed by atoms with Crippen molar-refractivity contribution >= 4 is 11.7 Å². The predicted molar refractivity (Wildman–Crippen MR) is 116 cm³/mol. The van der Waals surface area contributed by atoms with Crippen molar-refractivity contribution in [2.75, 3.05) is 14.2 Å². The Hall–Kier alpha value is -3.54. The number of ketones is 1. The quantitative estimate of drug-likeness (QED) is 0.630. The first-order valence-electron chi connectivity index (χ1n) is 10.3. The summed E-state index contributed by atoms with van der Waals surface area (Å²) in [6.07, 6.45) is 1.92. The van der Waals surface area contributed by atoms with Crippen LogP contribution in [-0.2, 0) is 6.42 Å². The molecule has 0 radical (unpaired) electrons. The van der Waals surface area contributed by atoms with E-state index in [2.05, 4.69) is 5.32 Å². The number of aryl methyl sites for hydroxylation is 1. The second-order valence-corrected chi connectivity index (χ2v) is 7.58. The monoisotopic (exact) mass is 419 g/mol. The topological polar surface area (TPSA) is 77.8 Å². The Morgan fingerprint density at radius 3 is 1.97 bits per heavy atom. The third kappa shape index (κ3) is 4.06. The van der Waals surface area contributed by atoms with Crippen LogP contribution in [0.1, 0.15) is 62.2 Å². The van der Waals surface area contributed by atoms with Crippen LogP contribution in [0.5, 0.6) is 11.5 Å². The van der Waals surface area contributed by atoms with Gasteiger partial charge in [0.15, 0.2) is 11.5 Å². The minimum absolute atomic E-state index is 0.0448. The van der Waals surface area contributed by atoms with Crippen molar-refractivity contribution in [1.29, 1.82) is 0 Å². The molecule has 0 aliphatic heterocycles. The van der Waals surface area contributed by atoms with Gasteiger partial charge in [0, 0.05) is 18.4 Å². The average molecular weight is 419 g/mol. The van der Waals surface area contributed by atoms with Crippen LogP contribution in [0.4, 0.5) is 0 Å². The van der Waals surface area contributed by atoms with Crippen LogP contribution < -0.4 is 14.8 Å². The van der Waals surface area contributed by atoms with E-state index in [-0.39, 0.29) is 17.5 Å². The van der Waals surface area contributed by atoms with Gasteiger partial charge in [-0.2, -0.15) is 0 Å². The zero-order valence-electron chi connectivity index (χ0n) is 17.9. The summed E-state index contributed by atoms with van der Waals surface area (Å²) in [6.45, 7) is 1.77. The molecule has 0 saturated heterocycles. The van der Waals surface area contributed by atoms with Crippen LogP contribution in [0.3, 0.4) is 0 Å². The highest BCUT2D eigenvalue weighted by Crippen LogP contribution is 2.31. The maximum Gasteiger partial charge on any atom is 0.288 e. The van der Waals surface area contributed by atoms with Crippen molar-refractivity contribution in [3.8, 4) is 11.5 Å². The van der Waals surface area contributed by atoms with Gasteiger partial charge in [0.1, 0.15) is 17.3 Å². The molecule has 3 aromatic rings. The zero-order valence-corrected chi connectivity index (χ0v) is 17.9. The maximum atomic E-state index is 13.2. The first kappa shape index (κ1) is 20.7. The number of methoxy groups -OCH3 is 2. The zero-order chi connectivity index (χ0) is 22.0. The lowest BCUT2D eigenvalue weighted by molar-refractivity contribution is 0.0909. The minimum Gasteiger partial charge on any atom is -0.497 e. The molecule has 1 heterocycles. The van der Waals surface area contributed by atoms with Gasteiger partial charge in [-0.1, -0.05) is 24.3 Å². The van der Waals surface area contributed by atoms with Crippen molar-refractivity contribution in [1.82, 2.24) is 5.32 Å². The Labute approximate surface area is 181 Å². The molecule has 0 saturated carbocycles. The molecule has 31 heavy (non-hydrogen) atoms. The molecule has 4 rings (SSSR count). The minimum atomic E-state index is -0.415. The van der Waals surface area contributed by atoms with E-state index in [1.165, 1.54) is 0 Å². The van der Waals surface area contributed by atoms with Crippen LogP contribution >= 0.6 is 0 Å². The average Bonchev–Trinajstić information content (AvgIpc) is 3.15. The van der Waals surface area contributed by atoms with Gasteiger partial charge in [-0.05, 0) is 48.7 Å². The van der Waals surface area contributed by atoms with Gasteiger partial charge >= 0.3 is 0 Å².